The Hall–Kier alpha value is -2.69. The largest absolute Gasteiger partial charge is 0.367 e. The first-order chi connectivity index (χ1) is 12.7. The Balaban J connectivity index is 1.57. The summed E-state index contributed by atoms with van der Waals surface area (Å²) < 4.78 is 1.94. The van der Waals surface area contributed by atoms with E-state index < -0.39 is 0 Å². The minimum Gasteiger partial charge on any atom is -0.367 e. The average Bonchev–Trinajstić information content (AvgIpc) is 3.01. The van der Waals surface area contributed by atoms with Gasteiger partial charge in [0.05, 0.1) is 11.4 Å². The summed E-state index contributed by atoms with van der Waals surface area (Å²) in [5.41, 5.74) is 5.36. The summed E-state index contributed by atoms with van der Waals surface area (Å²) in [6.07, 6.45) is 11.8. The van der Waals surface area contributed by atoms with Crippen molar-refractivity contribution in [1.82, 2.24) is 19.7 Å². The van der Waals surface area contributed by atoms with Crippen molar-refractivity contribution in [1.29, 1.82) is 0 Å². The first-order valence-corrected chi connectivity index (χ1v) is 9.47. The van der Waals surface area contributed by atoms with Crippen LogP contribution in [-0.4, -0.2) is 25.8 Å². The third-order valence-electron chi connectivity index (χ3n) is 5.00. The summed E-state index contributed by atoms with van der Waals surface area (Å²) in [4.78, 5) is 9.01. The van der Waals surface area contributed by atoms with Crippen molar-refractivity contribution in [2.75, 3.05) is 5.32 Å². The van der Waals surface area contributed by atoms with Gasteiger partial charge in [-0.15, -0.1) is 0 Å². The zero-order valence-corrected chi connectivity index (χ0v) is 15.4. The molecule has 1 aliphatic carbocycles. The lowest BCUT2D eigenvalue weighted by Crippen LogP contribution is -2.27. The second-order valence-electron chi connectivity index (χ2n) is 7.03. The van der Waals surface area contributed by atoms with Crippen LogP contribution in [-0.2, 0) is 6.42 Å². The molecule has 0 radical (unpaired) electrons. The fourth-order valence-corrected chi connectivity index (χ4v) is 3.28. The number of nitrogens with one attached hydrogen (secondary N) is 1. The lowest BCUT2D eigenvalue weighted by Gasteiger charge is -2.26. The van der Waals surface area contributed by atoms with Gasteiger partial charge in [-0.05, 0) is 56.9 Å². The Labute approximate surface area is 154 Å². The molecule has 1 saturated carbocycles. The smallest absolute Gasteiger partial charge is 0.126 e. The van der Waals surface area contributed by atoms with E-state index in [4.69, 9.17) is 5.10 Å². The summed E-state index contributed by atoms with van der Waals surface area (Å²) in [6.45, 7) is 4.21. The van der Waals surface area contributed by atoms with Crippen LogP contribution in [0, 0.1) is 6.92 Å². The van der Waals surface area contributed by atoms with Crippen LogP contribution in [0.3, 0.4) is 0 Å². The van der Waals surface area contributed by atoms with Gasteiger partial charge in [-0.3, -0.25) is 4.98 Å². The van der Waals surface area contributed by atoms with Crippen LogP contribution in [0.2, 0.25) is 0 Å². The Kier molecular flexibility index (Phi) is 4.69. The van der Waals surface area contributed by atoms with Crippen molar-refractivity contribution in [3.8, 4) is 16.8 Å². The summed E-state index contributed by atoms with van der Waals surface area (Å²) in [5, 5.41) is 8.18. The highest BCUT2D eigenvalue weighted by atomic mass is 15.3. The van der Waals surface area contributed by atoms with Gasteiger partial charge >= 0.3 is 0 Å². The summed E-state index contributed by atoms with van der Waals surface area (Å²) in [5.74, 6) is 0.960. The van der Waals surface area contributed by atoms with Gasteiger partial charge in [0.1, 0.15) is 5.82 Å². The third kappa shape index (κ3) is 3.47. The van der Waals surface area contributed by atoms with Crippen LogP contribution >= 0.6 is 0 Å². The molecule has 1 fully saturated rings. The molecule has 0 unspecified atom stereocenters. The quantitative estimate of drug-likeness (QED) is 0.710. The van der Waals surface area contributed by atoms with Crippen molar-refractivity contribution in [3.63, 3.8) is 0 Å². The van der Waals surface area contributed by atoms with Gasteiger partial charge in [-0.25, -0.2) is 9.67 Å². The number of rotatable bonds is 6. The van der Waals surface area contributed by atoms with Crippen molar-refractivity contribution < 1.29 is 0 Å². The van der Waals surface area contributed by atoms with E-state index in [9.17, 15) is 0 Å². The molecular formula is C21H25N5. The Morgan fingerprint density at radius 1 is 1.19 bits per heavy atom. The zero-order valence-electron chi connectivity index (χ0n) is 15.4. The zero-order chi connectivity index (χ0) is 17.9. The van der Waals surface area contributed by atoms with E-state index >= 15 is 0 Å². The van der Waals surface area contributed by atoms with Gasteiger partial charge in [0, 0.05) is 41.5 Å². The van der Waals surface area contributed by atoms with Crippen LogP contribution in [0.5, 0.6) is 0 Å². The van der Waals surface area contributed by atoms with Crippen LogP contribution in [0.1, 0.15) is 44.0 Å². The Bertz CT molecular complexity index is 878. The first kappa shape index (κ1) is 16.8. The van der Waals surface area contributed by atoms with E-state index in [2.05, 4.69) is 46.6 Å². The molecule has 26 heavy (non-hydrogen) atoms. The number of nitrogens with zero attached hydrogens (tertiary/aromatic N) is 4. The maximum Gasteiger partial charge on any atom is 0.126 e. The van der Waals surface area contributed by atoms with Gasteiger partial charge in [0.15, 0.2) is 0 Å². The normalized spacial score (nSPS) is 14.2. The highest BCUT2D eigenvalue weighted by molar-refractivity contribution is 5.66. The summed E-state index contributed by atoms with van der Waals surface area (Å²) in [7, 11) is 0. The molecule has 5 heteroatoms. The number of hydrogen-bond acceptors (Lipinski definition) is 4. The molecule has 0 bridgehead atoms. The predicted molar refractivity (Wildman–Crippen MR) is 105 cm³/mol. The molecule has 4 rings (SSSR count). The molecule has 3 aromatic rings. The van der Waals surface area contributed by atoms with E-state index in [0.717, 1.165) is 46.9 Å². The van der Waals surface area contributed by atoms with Crippen molar-refractivity contribution in [2.45, 2.75) is 52.0 Å². The average molecular weight is 347 g/mol. The van der Waals surface area contributed by atoms with Crippen molar-refractivity contribution in [2.24, 2.45) is 0 Å². The first-order valence-electron chi connectivity index (χ1n) is 9.47. The molecule has 3 heterocycles. The number of aryl methyl sites for hydroxylation is 2. The molecule has 134 valence electrons. The molecule has 0 spiro atoms. The van der Waals surface area contributed by atoms with Gasteiger partial charge in [0.25, 0.3) is 0 Å². The van der Waals surface area contributed by atoms with Crippen LogP contribution in [0.25, 0.3) is 16.8 Å². The number of pyridine rings is 2. The molecule has 1 aliphatic rings. The standard InChI is InChI=1S/C21H25N5/c1-3-5-18-12-19(10-11-22-18)26-14-20(15(2)25-26)16-8-9-21(23-13-16)24-17-6-4-7-17/h8-14,17H,3-7H2,1-2H3,(H,23,24). The predicted octanol–water partition coefficient (Wildman–Crippen LogP) is 4.55. The lowest BCUT2D eigenvalue weighted by atomic mass is 9.93. The highest BCUT2D eigenvalue weighted by Gasteiger charge is 2.17. The topological polar surface area (TPSA) is 55.6 Å². The second kappa shape index (κ2) is 7.28. The van der Waals surface area contributed by atoms with Crippen LogP contribution in [0.15, 0.2) is 42.9 Å². The van der Waals surface area contributed by atoms with Gasteiger partial charge in [-0.2, -0.15) is 5.10 Å². The molecule has 0 atom stereocenters. The van der Waals surface area contributed by atoms with Gasteiger partial charge in [0.2, 0.25) is 0 Å². The molecule has 0 aromatic carbocycles. The molecule has 0 amide bonds. The van der Waals surface area contributed by atoms with Gasteiger partial charge < -0.3 is 5.32 Å². The van der Waals surface area contributed by atoms with Crippen LogP contribution < -0.4 is 5.32 Å². The Morgan fingerprint density at radius 3 is 2.77 bits per heavy atom. The van der Waals surface area contributed by atoms with E-state index in [-0.39, 0.29) is 0 Å². The number of aromatic nitrogens is 4. The van der Waals surface area contributed by atoms with E-state index in [1.807, 2.05) is 30.1 Å². The second-order valence-corrected chi connectivity index (χ2v) is 7.03. The lowest BCUT2D eigenvalue weighted by molar-refractivity contribution is 0.444. The summed E-state index contributed by atoms with van der Waals surface area (Å²) >= 11 is 0. The summed E-state index contributed by atoms with van der Waals surface area (Å²) in [6, 6.07) is 8.90. The molecule has 0 aliphatic heterocycles. The molecular weight excluding hydrogens is 322 g/mol. The molecule has 3 aromatic heterocycles. The van der Waals surface area contributed by atoms with Crippen molar-refractivity contribution in [3.05, 3.63) is 54.2 Å². The maximum atomic E-state index is 4.70. The van der Waals surface area contributed by atoms with E-state index in [1.54, 1.807) is 0 Å². The molecule has 0 saturated heterocycles. The van der Waals surface area contributed by atoms with E-state index in [1.165, 1.54) is 19.3 Å². The molecule has 1 N–H and O–H groups in total. The van der Waals surface area contributed by atoms with Crippen molar-refractivity contribution >= 4 is 5.82 Å². The fourth-order valence-electron chi connectivity index (χ4n) is 3.28. The SMILES string of the molecule is CCCc1cc(-n2cc(-c3ccc(NC4CCC4)nc3)c(C)n2)ccn1. The van der Waals surface area contributed by atoms with Crippen LogP contribution in [0.4, 0.5) is 5.82 Å². The molecule has 5 nitrogen and oxygen atoms in total. The number of anilines is 1. The minimum atomic E-state index is 0.599. The monoisotopic (exact) mass is 347 g/mol. The van der Waals surface area contributed by atoms with Gasteiger partial charge in [-0.1, -0.05) is 13.3 Å². The van der Waals surface area contributed by atoms with E-state index in [0.29, 0.717) is 6.04 Å². The maximum absolute atomic E-state index is 4.70. The third-order valence-corrected chi connectivity index (χ3v) is 5.00. The fraction of sp³-hybridized carbons (Fsp3) is 0.381. The Morgan fingerprint density at radius 2 is 2.08 bits per heavy atom. The highest BCUT2D eigenvalue weighted by Crippen LogP contribution is 2.26. The minimum absolute atomic E-state index is 0.599. The number of hydrogen-bond donors (Lipinski definition) is 1.